The standard InChI is InChI=1S/C18H22N4O4/c1-4-26-14-11-18(16(24)25,17(14,2)3)21-15(23)13-10-12(6-8-19-13)22-9-5-7-20-22/h5-10,14H,4,11H2,1-3H3,(H,21,23)(H,24,25). The van der Waals surface area contributed by atoms with Crippen LogP contribution in [-0.4, -0.2) is 50.0 Å². The topological polar surface area (TPSA) is 106 Å². The number of pyridine rings is 1. The minimum absolute atomic E-state index is 0.134. The maximum absolute atomic E-state index is 12.7. The van der Waals surface area contributed by atoms with Gasteiger partial charge in [-0.15, -0.1) is 0 Å². The zero-order chi connectivity index (χ0) is 18.9. The van der Waals surface area contributed by atoms with Crippen molar-refractivity contribution in [1.29, 1.82) is 0 Å². The number of ether oxygens (including phenoxy) is 1. The maximum atomic E-state index is 12.7. The van der Waals surface area contributed by atoms with Crippen molar-refractivity contribution in [1.82, 2.24) is 20.1 Å². The van der Waals surface area contributed by atoms with Crippen molar-refractivity contribution in [3.63, 3.8) is 0 Å². The monoisotopic (exact) mass is 358 g/mol. The number of hydrogen-bond donors (Lipinski definition) is 2. The first kappa shape index (κ1) is 18.1. The molecule has 1 saturated carbocycles. The van der Waals surface area contributed by atoms with Crippen molar-refractivity contribution in [3.8, 4) is 5.69 Å². The fraction of sp³-hybridized carbons (Fsp3) is 0.444. The molecule has 2 aromatic rings. The fourth-order valence-corrected chi connectivity index (χ4v) is 3.40. The Morgan fingerprint density at radius 1 is 1.42 bits per heavy atom. The molecular formula is C18H22N4O4. The molecule has 2 aromatic heterocycles. The number of amides is 1. The van der Waals surface area contributed by atoms with Crippen LogP contribution in [0.5, 0.6) is 0 Å². The molecule has 2 unspecified atom stereocenters. The van der Waals surface area contributed by atoms with E-state index in [-0.39, 0.29) is 18.2 Å². The van der Waals surface area contributed by atoms with Gasteiger partial charge in [0.05, 0.1) is 11.8 Å². The van der Waals surface area contributed by atoms with Crippen LogP contribution < -0.4 is 5.32 Å². The molecule has 2 heterocycles. The highest BCUT2D eigenvalue weighted by Gasteiger charge is 2.66. The molecule has 0 spiro atoms. The normalized spacial score (nSPS) is 23.9. The zero-order valence-electron chi connectivity index (χ0n) is 15.0. The van der Waals surface area contributed by atoms with Crippen LogP contribution in [0.2, 0.25) is 0 Å². The highest BCUT2D eigenvalue weighted by molar-refractivity contribution is 5.97. The lowest BCUT2D eigenvalue weighted by Gasteiger charge is -2.58. The van der Waals surface area contributed by atoms with Crippen LogP contribution in [0, 0.1) is 5.41 Å². The molecule has 138 valence electrons. The zero-order valence-corrected chi connectivity index (χ0v) is 15.0. The van der Waals surface area contributed by atoms with Gasteiger partial charge in [-0.05, 0) is 25.1 Å². The van der Waals surface area contributed by atoms with E-state index in [1.54, 1.807) is 49.1 Å². The number of carboxylic acids is 1. The van der Waals surface area contributed by atoms with Gasteiger partial charge in [0.2, 0.25) is 0 Å². The predicted molar refractivity (Wildman–Crippen MR) is 93.0 cm³/mol. The van der Waals surface area contributed by atoms with Crippen molar-refractivity contribution in [2.75, 3.05) is 6.61 Å². The van der Waals surface area contributed by atoms with Gasteiger partial charge < -0.3 is 15.2 Å². The summed E-state index contributed by atoms with van der Waals surface area (Å²) < 4.78 is 7.21. The van der Waals surface area contributed by atoms with Gasteiger partial charge in [0.25, 0.3) is 5.91 Å². The van der Waals surface area contributed by atoms with Crippen LogP contribution in [0.1, 0.15) is 37.7 Å². The van der Waals surface area contributed by atoms with Crippen molar-refractivity contribution in [2.45, 2.75) is 38.8 Å². The van der Waals surface area contributed by atoms with E-state index >= 15 is 0 Å². The van der Waals surface area contributed by atoms with E-state index in [0.29, 0.717) is 12.3 Å². The fourth-order valence-electron chi connectivity index (χ4n) is 3.40. The molecule has 1 amide bonds. The van der Waals surface area contributed by atoms with Gasteiger partial charge in [0.1, 0.15) is 11.2 Å². The Balaban J connectivity index is 1.84. The molecule has 0 radical (unpaired) electrons. The minimum atomic E-state index is -1.40. The summed E-state index contributed by atoms with van der Waals surface area (Å²) >= 11 is 0. The van der Waals surface area contributed by atoms with E-state index in [1.807, 2.05) is 6.92 Å². The van der Waals surface area contributed by atoms with E-state index in [4.69, 9.17) is 4.74 Å². The second-order valence-corrected chi connectivity index (χ2v) is 6.88. The van der Waals surface area contributed by atoms with Crippen LogP contribution in [0.4, 0.5) is 0 Å². The first-order valence-corrected chi connectivity index (χ1v) is 8.45. The number of carboxylic acid groups (broad SMARTS) is 1. The maximum Gasteiger partial charge on any atom is 0.330 e. The van der Waals surface area contributed by atoms with Gasteiger partial charge in [-0.2, -0.15) is 5.10 Å². The molecule has 3 rings (SSSR count). The predicted octanol–water partition coefficient (Wildman–Crippen LogP) is 1.66. The summed E-state index contributed by atoms with van der Waals surface area (Å²) in [6.07, 6.45) is 4.86. The quantitative estimate of drug-likeness (QED) is 0.813. The van der Waals surface area contributed by atoms with Gasteiger partial charge in [-0.1, -0.05) is 13.8 Å². The second-order valence-electron chi connectivity index (χ2n) is 6.88. The lowest BCUT2D eigenvalue weighted by atomic mass is 9.54. The smallest absolute Gasteiger partial charge is 0.330 e. The Bertz CT molecular complexity index is 818. The highest BCUT2D eigenvalue weighted by Crippen LogP contribution is 2.51. The van der Waals surface area contributed by atoms with Crippen molar-refractivity contribution < 1.29 is 19.4 Å². The number of aromatic nitrogens is 3. The van der Waals surface area contributed by atoms with Crippen LogP contribution in [-0.2, 0) is 9.53 Å². The summed E-state index contributed by atoms with van der Waals surface area (Å²) in [6.45, 7) is 5.93. The van der Waals surface area contributed by atoms with Gasteiger partial charge in [-0.25, -0.2) is 9.48 Å². The van der Waals surface area contributed by atoms with Crippen LogP contribution >= 0.6 is 0 Å². The number of aliphatic carboxylic acids is 1. The van der Waals surface area contributed by atoms with E-state index in [9.17, 15) is 14.7 Å². The molecule has 8 nitrogen and oxygen atoms in total. The van der Waals surface area contributed by atoms with Crippen molar-refractivity contribution >= 4 is 11.9 Å². The summed E-state index contributed by atoms with van der Waals surface area (Å²) in [5.74, 6) is -1.61. The third-order valence-electron chi connectivity index (χ3n) is 5.20. The van der Waals surface area contributed by atoms with Gasteiger partial charge >= 0.3 is 5.97 Å². The van der Waals surface area contributed by atoms with E-state index in [0.717, 1.165) is 0 Å². The lowest BCUT2D eigenvalue weighted by molar-refractivity contribution is -0.190. The SMILES string of the molecule is CCOC1CC(NC(=O)c2cc(-n3cccn3)ccn2)(C(=O)O)C1(C)C. The molecule has 8 heteroatoms. The largest absolute Gasteiger partial charge is 0.479 e. The molecular weight excluding hydrogens is 336 g/mol. The second kappa shape index (κ2) is 6.53. The summed E-state index contributed by atoms with van der Waals surface area (Å²) in [7, 11) is 0. The first-order chi connectivity index (χ1) is 12.3. The lowest BCUT2D eigenvalue weighted by Crippen LogP contribution is -2.76. The molecule has 26 heavy (non-hydrogen) atoms. The summed E-state index contributed by atoms with van der Waals surface area (Å²) in [5.41, 5.74) is -1.34. The Morgan fingerprint density at radius 3 is 2.77 bits per heavy atom. The number of nitrogens with one attached hydrogen (secondary N) is 1. The van der Waals surface area contributed by atoms with Gasteiger partial charge in [0.15, 0.2) is 0 Å². The third kappa shape index (κ3) is 2.76. The molecule has 0 saturated heterocycles. The molecule has 2 N–H and O–H groups in total. The Labute approximate surface area is 151 Å². The molecule has 1 aliphatic rings. The van der Waals surface area contributed by atoms with Crippen LogP contribution in [0.25, 0.3) is 5.69 Å². The van der Waals surface area contributed by atoms with Crippen LogP contribution in [0.3, 0.4) is 0 Å². The number of rotatable bonds is 6. The van der Waals surface area contributed by atoms with E-state index in [2.05, 4.69) is 15.4 Å². The molecule has 2 atom stereocenters. The van der Waals surface area contributed by atoms with Crippen LogP contribution in [0.15, 0.2) is 36.8 Å². The number of hydrogen-bond acceptors (Lipinski definition) is 5. The van der Waals surface area contributed by atoms with E-state index in [1.165, 1.54) is 6.20 Å². The summed E-state index contributed by atoms with van der Waals surface area (Å²) in [5, 5.41) is 16.6. The summed E-state index contributed by atoms with van der Waals surface area (Å²) in [6, 6.07) is 5.06. The molecule has 1 aliphatic carbocycles. The Kier molecular flexibility index (Phi) is 4.53. The number of nitrogens with zero attached hydrogens (tertiary/aromatic N) is 3. The Hall–Kier alpha value is -2.74. The average molecular weight is 358 g/mol. The highest BCUT2D eigenvalue weighted by atomic mass is 16.5. The molecule has 0 aromatic carbocycles. The minimum Gasteiger partial charge on any atom is -0.479 e. The van der Waals surface area contributed by atoms with Gasteiger partial charge in [-0.3, -0.25) is 9.78 Å². The van der Waals surface area contributed by atoms with Gasteiger partial charge in [0, 0.05) is 37.0 Å². The number of carbonyl (C=O) groups is 2. The molecule has 0 bridgehead atoms. The van der Waals surface area contributed by atoms with Crippen molar-refractivity contribution in [2.24, 2.45) is 5.41 Å². The first-order valence-electron chi connectivity index (χ1n) is 8.45. The molecule has 0 aliphatic heterocycles. The number of carbonyl (C=O) groups excluding carboxylic acids is 1. The average Bonchev–Trinajstić information content (AvgIpc) is 3.15. The van der Waals surface area contributed by atoms with Crippen molar-refractivity contribution in [3.05, 3.63) is 42.5 Å². The molecule has 1 fully saturated rings. The Morgan fingerprint density at radius 2 is 2.19 bits per heavy atom. The van der Waals surface area contributed by atoms with E-state index < -0.39 is 22.8 Å². The third-order valence-corrected chi connectivity index (χ3v) is 5.20. The summed E-state index contributed by atoms with van der Waals surface area (Å²) in [4.78, 5) is 28.8.